The second-order valence-corrected chi connectivity index (χ2v) is 4.02. The van der Waals surface area contributed by atoms with Crippen molar-refractivity contribution in [2.75, 3.05) is 7.11 Å². The largest absolute Gasteiger partial charge is 0.469 e. The molecule has 0 N–H and O–H groups in total. The number of hydrogen-bond donors (Lipinski definition) is 0. The van der Waals surface area contributed by atoms with E-state index in [9.17, 15) is 9.59 Å². The molecule has 1 amide bonds. The molecule has 1 saturated heterocycles. The molecule has 1 heterocycles. The zero-order chi connectivity index (χ0) is 11.4. The summed E-state index contributed by atoms with van der Waals surface area (Å²) in [5, 5.41) is 0. The van der Waals surface area contributed by atoms with E-state index in [2.05, 4.69) is 4.74 Å². The maximum Gasteiger partial charge on any atom is 0.305 e. The van der Waals surface area contributed by atoms with Crippen molar-refractivity contribution >= 4 is 19.9 Å². The van der Waals surface area contributed by atoms with Crippen LogP contribution in [-0.2, 0) is 14.3 Å². The molecular formula is C10H16BNO3. The Kier molecular flexibility index (Phi) is 4.18. The third-order valence-electron chi connectivity index (χ3n) is 2.91. The molecule has 5 heteroatoms. The second kappa shape index (κ2) is 5.19. The molecule has 1 fully saturated rings. The molecule has 15 heavy (non-hydrogen) atoms. The van der Waals surface area contributed by atoms with Crippen molar-refractivity contribution in [3.8, 4) is 0 Å². The summed E-state index contributed by atoms with van der Waals surface area (Å²) in [6.07, 6.45) is 2.38. The third kappa shape index (κ3) is 2.98. The molecule has 0 aromatic rings. The lowest BCUT2D eigenvalue weighted by Crippen LogP contribution is -2.32. The Hall–Kier alpha value is -0.995. The van der Waals surface area contributed by atoms with Crippen LogP contribution >= 0.6 is 0 Å². The Balaban J connectivity index is 2.32. The van der Waals surface area contributed by atoms with Gasteiger partial charge in [0.1, 0.15) is 0 Å². The Morgan fingerprint density at radius 2 is 2.33 bits per heavy atom. The maximum atomic E-state index is 11.3. The molecule has 82 valence electrons. The number of carbonyl (C=O) groups excluding carboxylic acids is 2. The Morgan fingerprint density at radius 3 is 2.80 bits per heavy atom. The van der Waals surface area contributed by atoms with Gasteiger partial charge in [0, 0.05) is 18.9 Å². The minimum Gasteiger partial charge on any atom is -0.469 e. The van der Waals surface area contributed by atoms with Crippen LogP contribution in [0.4, 0.5) is 0 Å². The fraction of sp³-hybridized carbons (Fsp3) is 0.800. The van der Waals surface area contributed by atoms with Gasteiger partial charge in [-0.15, -0.1) is 0 Å². The first kappa shape index (κ1) is 12.1. The van der Waals surface area contributed by atoms with Gasteiger partial charge in [0.05, 0.1) is 7.11 Å². The van der Waals surface area contributed by atoms with E-state index in [1.54, 1.807) is 0 Å². The number of ether oxygens (including phenoxy) is 1. The summed E-state index contributed by atoms with van der Waals surface area (Å²) in [6, 6.07) is 0.0714. The second-order valence-electron chi connectivity index (χ2n) is 4.02. The van der Waals surface area contributed by atoms with E-state index >= 15 is 0 Å². The van der Waals surface area contributed by atoms with Gasteiger partial charge in [0.2, 0.25) is 13.9 Å². The lowest BCUT2D eigenvalue weighted by atomic mass is 9.96. The van der Waals surface area contributed by atoms with Crippen LogP contribution in [0.2, 0.25) is 0 Å². The van der Waals surface area contributed by atoms with Crippen LogP contribution in [0.5, 0.6) is 0 Å². The standard InChI is InChI=1S/C10H16BNO3/c1-7-6-9(13)12(11)8(7)4-3-5-10(14)15-2/h7-8H,3-6H2,1-2H3. The van der Waals surface area contributed by atoms with E-state index in [1.807, 2.05) is 6.92 Å². The predicted molar refractivity (Wildman–Crippen MR) is 56.0 cm³/mol. The first-order chi connectivity index (χ1) is 7.06. The van der Waals surface area contributed by atoms with Crippen molar-refractivity contribution in [1.82, 2.24) is 4.81 Å². The zero-order valence-electron chi connectivity index (χ0n) is 9.23. The summed E-state index contributed by atoms with van der Waals surface area (Å²) in [5.41, 5.74) is 0. The van der Waals surface area contributed by atoms with E-state index in [0.717, 1.165) is 6.42 Å². The van der Waals surface area contributed by atoms with Crippen molar-refractivity contribution in [3.63, 3.8) is 0 Å². The number of amides is 1. The number of carbonyl (C=O) groups is 2. The average molecular weight is 209 g/mol. The third-order valence-corrected chi connectivity index (χ3v) is 2.91. The first-order valence-corrected chi connectivity index (χ1v) is 5.19. The summed E-state index contributed by atoms with van der Waals surface area (Å²) in [7, 11) is 7.00. The fourth-order valence-electron chi connectivity index (χ4n) is 1.96. The summed E-state index contributed by atoms with van der Waals surface area (Å²) in [5.74, 6) is 0.0567. The van der Waals surface area contributed by atoms with E-state index < -0.39 is 0 Å². The molecule has 4 nitrogen and oxygen atoms in total. The lowest BCUT2D eigenvalue weighted by molar-refractivity contribution is -0.140. The fourth-order valence-corrected chi connectivity index (χ4v) is 1.96. The highest BCUT2D eigenvalue weighted by Gasteiger charge is 2.33. The summed E-state index contributed by atoms with van der Waals surface area (Å²) in [4.78, 5) is 23.4. The quantitative estimate of drug-likeness (QED) is 0.504. The minimum absolute atomic E-state index is 0.00873. The highest BCUT2D eigenvalue weighted by atomic mass is 16.5. The molecule has 2 atom stereocenters. The minimum atomic E-state index is -0.212. The molecule has 2 unspecified atom stereocenters. The monoisotopic (exact) mass is 209 g/mol. The first-order valence-electron chi connectivity index (χ1n) is 5.19. The Morgan fingerprint density at radius 1 is 1.67 bits per heavy atom. The highest BCUT2D eigenvalue weighted by molar-refractivity contribution is 6.15. The molecule has 0 aromatic heterocycles. The van der Waals surface area contributed by atoms with Gasteiger partial charge in [-0.25, -0.2) is 0 Å². The van der Waals surface area contributed by atoms with Gasteiger partial charge in [-0.2, -0.15) is 0 Å². The van der Waals surface area contributed by atoms with Crippen molar-refractivity contribution in [2.45, 2.75) is 38.6 Å². The number of rotatable bonds is 4. The topological polar surface area (TPSA) is 46.6 Å². The van der Waals surface area contributed by atoms with E-state index in [1.165, 1.54) is 11.9 Å². The number of hydrogen-bond acceptors (Lipinski definition) is 3. The lowest BCUT2D eigenvalue weighted by Gasteiger charge is -2.23. The van der Waals surface area contributed by atoms with Gasteiger partial charge in [0.25, 0.3) is 0 Å². The average Bonchev–Trinajstić information content (AvgIpc) is 2.44. The Labute approximate surface area is 91.4 Å². The van der Waals surface area contributed by atoms with Crippen LogP contribution < -0.4 is 0 Å². The van der Waals surface area contributed by atoms with E-state index in [4.69, 9.17) is 7.98 Å². The highest BCUT2D eigenvalue weighted by Crippen LogP contribution is 2.26. The molecule has 0 spiro atoms. The van der Waals surface area contributed by atoms with Crippen LogP contribution in [0.25, 0.3) is 0 Å². The van der Waals surface area contributed by atoms with Crippen LogP contribution in [0.15, 0.2) is 0 Å². The van der Waals surface area contributed by atoms with Crippen LogP contribution in [0.1, 0.15) is 32.6 Å². The normalized spacial score (nSPS) is 25.7. The maximum absolute atomic E-state index is 11.3. The summed E-state index contributed by atoms with van der Waals surface area (Å²) in [6.45, 7) is 2.01. The van der Waals surface area contributed by atoms with Gasteiger partial charge in [-0.05, 0) is 18.8 Å². The molecule has 0 aromatic carbocycles. The number of nitrogens with zero attached hydrogens (tertiary/aromatic N) is 1. The SMILES string of the molecule is [B]N1C(=O)CC(C)C1CCCC(=O)OC. The van der Waals surface area contributed by atoms with Crippen molar-refractivity contribution in [1.29, 1.82) is 0 Å². The van der Waals surface area contributed by atoms with Gasteiger partial charge in [-0.3, -0.25) is 9.59 Å². The van der Waals surface area contributed by atoms with Crippen LogP contribution in [0, 0.1) is 5.92 Å². The molecule has 1 rings (SSSR count). The molecule has 1 aliphatic rings. The molecule has 0 saturated carbocycles. The smallest absolute Gasteiger partial charge is 0.305 e. The predicted octanol–water partition coefficient (Wildman–Crippen LogP) is 0.650. The Bertz CT molecular complexity index is 257. The van der Waals surface area contributed by atoms with Gasteiger partial charge >= 0.3 is 5.97 Å². The van der Waals surface area contributed by atoms with Crippen molar-refractivity contribution < 1.29 is 14.3 Å². The van der Waals surface area contributed by atoms with Crippen LogP contribution in [0.3, 0.4) is 0 Å². The number of methoxy groups -OCH3 is 1. The number of esters is 1. The van der Waals surface area contributed by atoms with Crippen molar-refractivity contribution in [2.24, 2.45) is 5.92 Å². The van der Waals surface area contributed by atoms with E-state index in [-0.39, 0.29) is 23.8 Å². The summed E-state index contributed by atoms with van der Waals surface area (Å²) >= 11 is 0. The molecule has 1 aliphatic heterocycles. The van der Waals surface area contributed by atoms with Gasteiger partial charge < -0.3 is 9.55 Å². The zero-order valence-corrected chi connectivity index (χ0v) is 9.23. The van der Waals surface area contributed by atoms with E-state index in [0.29, 0.717) is 19.3 Å². The molecule has 0 aliphatic carbocycles. The van der Waals surface area contributed by atoms with Crippen molar-refractivity contribution in [3.05, 3.63) is 0 Å². The molecular weight excluding hydrogens is 193 g/mol. The van der Waals surface area contributed by atoms with Gasteiger partial charge in [-0.1, -0.05) is 6.92 Å². The molecule has 0 bridgehead atoms. The summed E-state index contributed by atoms with van der Waals surface area (Å²) < 4.78 is 4.54. The molecule has 2 radical (unpaired) electrons. The van der Waals surface area contributed by atoms with Gasteiger partial charge in [0.15, 0.2) is 0 Å². The van der Waals surface area contributed by atoms with Crippen LogP contribution in [-0.4, -0.2) is 37.8 Å².